The molecule has 0 spiro atoms. The zero-order valence-electron chi connectivity index (χ0n) is 10.6. The van der Waals surface area contributed by atoms with Gasteiger partial charge in [0.15, 0.2) is 0 Å². The smallest absolute Gasteiger partial charge is 0.0678 e. The van der Waals surface area contributed by atoms with E-state index in [1.165, 1.54) is 12.8 Å². The molecule has 90 valence electrons. The van der Waals surface area contributed by atoms with Crippen LogP contribution in [0, 0.1) is 0 Å². The van der Waals surface area contributed by atoms with Gasteiger partial charge in [0, 0.05) is 25.7 Å². The highest BCUT2D eigenvalue weighted by Crippen LogP contribution is 2.16. The van der Waals surface area contributed by atoms with Gasteiger partial charge in [0.05, 0.1) is 12.2 Å². The van der Waals surface area contributed by atoms with Gasteiger partial charge in [-0.2, -0.15) is 0 Å². The van der Waals surface area contributed by atoms with E-state index in [1.807, 2.05) is 7.05 Å². The number of hydrogen-bond acceptors (Lipinski definition) is 3. The first-order valence-corrected chi connectivity index (χ1v) is 6.21. The zero-order chi connectivity index (χ0) is 11.3. The average Bonchev–Trinajstić information content (AvgIpc) is 2.16. The molecule has 0 aliphatic carbocycles. The van der Waals surface area contributed by atoms with Crippen LogP contribution in [0.1, 0.15) is 33.6 Å². The molecule has 1 rings (SSSR count). The summed E-state index contributed by atoms with van der Waals surface area (Å²) in [6, 6.07) is 0.675. The Labute approximate surface area is 94.2 Å². The quantitative estimate of drug-likeness (QED) is 0.750. The Bertz CT molecular complexity index is 159. The molecule has 3 unspecified atom stereocenters. The molecule has 3 atom stereocenters. The maximum atomic E-state index is 5.76. The van der Waals surface area contributed by atoms with Crippen molar-refractivity contribution in [2.24, 2.45) is 0 Å². The molecule has 1 saturated heterocycles. The summed E-state index contributed by atoms with van der Waals surface area (Å²) in [5.74, 6) is 0. The van der Waals surface area contributed by atoms with Crippen molar-refractivity contribution in [2.45, 2.75) is 51.9 Å². The van der Waals surface area contributed by atoms with Gasteiger partial charge in [0.25, 0.3) is 0 Å². The van der Waals surface area contributed by atoms with Crippen molar-refractivity contribution >= 4 is 0 Å². The summed E-state index contributed by atoms with van der Waals surface area (Å²) in [4.78, 5) is 2.58. The molecular weight excluding hydrogens is 188 g/mol. The Balaban J connectivity index is 2.49. The van der Waals surface area contributed by atoms with Crippen molar-refractivity contribution in [1.82, 2.24) is 10.2 Å². The molecule has 1 aliphatic heterocycles. The van der Waals surface area contributed by atoms with Crippen LogP contribution in [-0.2, 0) is 4.74 Å². The largest absolute Gasteiger partial charge is 0.373 e. The highest BCUT2D eigenvalue weighted by molar-refractivity contribution is 4.80. The van der Waals surface area contributed by atoms with E-state index in [0.29, 0.717) is 18.2 Å². The predicted octanol–water partition coefficient (Wildman–Crippen LogP) is 1.48. The number of rotatable bonds is 5. The van der Waals surface area contributed by atoms with Crippen LogP contribution in [0.2, 0.25) is 0 Å². The first kappa shape index (κ1) is 12.9. The van der Waals surface area contributed by atoms with Gasteiger partial charge in [-0.25, -0.2) is 0 Å². The van der Waals surface area contributed by atoms with Crippen LogP contribution in [0.3, 0.4) is 0 Å². The van der Waals surface area contributed by atoms with E-state index in [2.05, 4.69) is 31.0 Å². The van der Waals surface area contributed by atoms with Crippen LogP contribution in [-0.4, -0.2) is 49.8 Å². The van der Waals surface area contributed by atoms with Gasteiger partial charge in [0.1, 0.15) is 0 Å². The van der Waals surface area contributed by atoms with Crippen molar-refractivity contribution in [3.05, 3.63) is 0 Å². The molecule has 3 heteroatoms. The molecule has 0 saturated carbocycles. The van der Waals surface area contributed by atoms with Gasteiger partial charge < -0.3 is 10.1 Å². The first-order valence-electron chi connectivity index (χ1n) is 6.21. The van der Waals surface area contributed by atoms with E-state index in [0.717, 1.165) is 19.6 Å². The van der Waals surface area contributed by atoms with Crippen molar-refractivity contribution < 1.29 is 4.74 Å². The monoisotopic (exact) mass is 214 g/mol. The molecular formula is C12H26N2O. The second-order valence-electron chi connectivity index (χ2n) is 4.71. The number of morpholine rings is 1. The van der Waals surface area contributed by atoms with E-state index in [4.69, 9.17) is 4.74 Å². The minimum absolute atomic E-state index is 0.380. The van der Waals surface area contributed by atoms with Gasteiger partial charge >= 0.3 is 0 Å². The number of hydrogen-bond donors (Lipinski definition) is 1. The summed E-state index contributed by atoms with van der Waals surface area (Å²) in [5.41, 5.74) is 0. The summed E-state index contributed by atoms with van der Waals surface area (Å²) in [6.07, 6.45) is 3.29. The van der Waals surface area contributed by atoms with Gasteiger partial charge in [-0.3, -0.25) is 4.90 Å². The van der Waals surface area contributed by atoms with E-state index >= 15 is 0 Å². The highest BCUT2D eigenvalue weighted by Gasteiger charge is 2.26. The number of ether oxygens (including phenoxy) is 1. The van der Waals surface area contributed by atoms with Crippen molar-refractivity contribution in [3.63, 3.8) is 0 Å². The maximum Gasteiger partial charge on any atom is 0.0678 e. The topological polar surface area (TPSA) is 24.5 Å². The summed E-state index contributed by atoms with van der Waals surface area (Å²) in [5, 5.41) is 3.30. The molecule has 1 fully saturated rings. The molecule has 0 aromatic rings. The average molecular weight is 214 g/mol. The standard InChI is InChI=1S/C12H26N2O/c1-5-6-12(7-13-4)14-8-10(2)15-11(3)9-14/h10-13H,5-9H2,1-4H3. The zero-order valence-corrected chi connectivity index (χ0v) is 10.6. The van der Waals surface area contributed by atoms with Gasteiger partial charge in [-0.15, -0.1) is 0 Å². The third-order valence-corrected chi connectivity index (χ3v) is 3.03. The molecule has 1 aliphatic rings. The van der Waals surface area contributed by atoms with E-state index in [9.17, 15) is 0 Å². The predicted molar refractivity (Wildman–Crippen MR) is 64.2 cm³/mol. The van der Waals surface area contributed by atoms with Gasteiger partial charge in [-0.05, 0) is 27.3 Å². The fourth-order valence-corrected chi connectivity index (χ4v) is 2.50. The van der Waals surface area contributed by atoms with Crippen LogP contribution in [0.5, 0.6) is 0 Å². The molecule has 15 heavy (non-hydrogen) atoms. The lowest BCUT2D eigenvalue weighted by Crippen LogP contribution is -2.52. The van der Waals surface area contributed by atoms with Crippen LogP contribution in [0.25, 0.3) is 0 Å². The first-order chi connectivity index (χ1) is 7.17. The summed E-state index contributed by atoms with van der Waals surface area (Å²) >= 11 is 0. The maximum absolute atomic E-state index is 5.76. The Morgan fingerprint density at radius 1 is 1.33 bits per heavy atom. The lowest BCUT2D eigenvalue weighted by atomic mass is 10.1. The minimum atomic E-state index is 0.380. The van der Waals surface area contributed by atoms with Crippen molar-refractivity contribution in [3.8, 4) is 0 Å². The van der Waals surface area contributed by atoms with Crippen molar-refractivity contribution in [1.29, 1.82) is 0 Å². The highest BCUT2D eigenvalue weighted by atomic mass is 16.5. The van der Waals surface area contributed by atoms with Crippen LogP contribution < -0.4 is 5.32 Å². The normalized spacial score (nSPS) is 30.4. The summed E-state index contributed by atoms with van der Waals surface area (Å²) in [6.45, 7) is 9.85. The Morgan fingerprint density at radius 2 is 1.93 bits per heavy atom. The molecule has 0 aromatic heterocycles. The summed E-state index contributed by atoms with van der Waals surface area (Å²) < 4.78 is 5.76. The molecule has 1 N–H and O–H groups in total. The van der Waals surface area contributed by atoms with Crippen LogP contribution in [0.4, 0.5) is 0 Å². The molecule has 0 amide bonds. The second kappa shape index (κ2) is 6.46. The molecule has 0 aromatic carbocycles. The SMILES string of the molecule is CCCC(CNC)N1CC(C)OC(C)C1. The molecule has 1 heterocycles. The van der Waals surface area contributed by atoms with E-state index in [-0.39, 0.29) is 0 Å². The van der Waals surface area contributed by atoms with Crippen molar-refractivity contribution in [2.75, 3.05) is 26.7 Å². The van der Waals surface area contributed by atoms with Gasteiger partial charge in [-0.1, -0.05) is 13.3 Å². The number of nitrogens with one attached hydrogen (secondary N) is 1. The summed E-state index contributed by atoms with van der Waals surface area (Å²) in [7, 11) is 2.04. The molecule has 3 nitrogen and oxygen atoms in total. The van der Waals surface area contributed by atoms with Crippen LogP contribution in [0.15, 0.2) is 0 Å². The Kier molecular flexibility index (Phi) is 5.58. The molecule has 0 radical (unpaired) electrons. The van der Waals surface area contributed by atoms with Crippen LogP contribution >= 0.6 is 0 Å². The number of likely N-dealkylation sites (N-methyl/N-ethyl adjacent to an activating group) is 1. The fraction of sp³-hybridized carbons (Fsp3) is 1.00. The molecule has 0 bridgehead atoms. The second-order valence-corrected chi connectivity index (χ2v) is 4.71. The van der Waals surface area contributed by atoms with Gasteiger partial charge in [0.2, 0.25) is 0 Å². The lowest BCUT2D eigenvalue weighted by Gasteiger charge is -2.40. The minimum Gasteiger partial charge on any atom is -0.373 e. The van der Waals surface area contributed by atoms with E-state index < -0.39 is 0 Å². The Morgan fingerprint density at radius 3 is 2.40 bits per heavy atom. The number of nitrogens with zero attached hydrogens (tertiary/aromatic N) is 1. The van der Waals surface area contributed by atoms with E-state index in [1.54, 1.807) is 0 Å². The fourth-order valence-electron chi connectivity index (χ4n) is 2.50. The third-order valence-electron chi connectivity index (χ3n) is 3.03. The lowest BCUT2D eigenvalue weighted by molar-refractivity contribution is -0.0808. The third kappa shape index (κ3) is 4.09. The Hall–Kier alpha value is -0.120.